The number of carbonyl (C=O) groups is 1. The van der Waals surface area contributed by atoms with Gasteiger partial charge in [-0.1, -0.05) is 29.8 Å². The molecule has 4 aromatic rings. The molecule has 0 saturated heterocycles. The summed E-state index contributed by atoms with van der Waals surface area (Å²) in [5, 5.41) is 6.23. The van der Waals surface area contributed by atoms with Crippen molar-refractivity contribution >= 4 is 23.1 Å². The summed E-state index contributed by atoms with van der Waals surface area (Å²) in [5.41, 5.74) is 12.0. The van der Waals surface area contributed by atoms with Crippen molar-refractivity contribution in [2.45, 2.75) is 26.8 Å². The van der Waals surface area contributed by atoms with E-state index in [4.69, 9.17) is 5.73 Å². The fraction of sp³-hybridized carbons (Fsp3) is 0.208. The van der Waals surface area contributed by atoms with Gasteiger partial charge in [0.2, 0.25) is 0 Å². The van der Waals surface area contributed by atoms with Gasteiger partial charge in [0.15, 0.2) is 11.5 Å². The monoisotopic (exact) mass is 414 g/mol. The van der Waals surface area contributed by atoms with Crippen molar-refractivity contribution in [1.82, 2.24) is 19.7 Å². The lowest BCUT2D eigenvalue weighted by Crippen LogP contribution is -2.38. The first-order chi connectivity index (χ1) is 15.0. The van der Waals surface area contributed by atoms with Crippen molar-refractivity contribution in [3.05, 3.63) is 77.7 Å². The Labute approximate surface area is 181 Å². The van der Waals surface area contributed by atoms with Crippen LogP contribution in [-0.2, 0) is 0 Å². The number of nitrogens with two attached hydrogens (primary N) is 1. The van der Waals surface area contributed by atoms with Gasteiger partial charge in [-0.25, -0.2) is 9.97 Å². The van der Waals surface area contributed by atoms with Gasteiger partial charge in [0, 0.05) is 41.8 Å². The number of hydrogen-bond donors (Lipinski definition) is 3. The van der Waals surface area contributed by atoms with Gasteiger partial charge in [-0.3, -0.25) is 9.20 Å². The lowest BCUT2D eigenvalue weighted by atomic mass is 10.1. The molecule has 1 unspecified atom stereocenters. The second kappa shape index (κ2) is 8.57. The van der Waals surface area contributed by atoms with E-state index in [-0.39, 0.29) is 11.9 Å². The molecule has 4 N–H and O–H groups in total. The number of anilines is 2. The standard InChI is InChI=1S/C24H26N6O/c1-15-4-6-18(7-5-15)21-14-27-23-22(26-10-11-30(21)23)29-19-8-9-20(16(2)12-19)24(31)28-17(3)13-25/h4-12,14,17H,13,25H2,1-3H3,(H,26,29)(H,28,31). The fourth-order valence-corrected chi connectivity index (χ4v) is 3.44. The van der Waals surface area contributed by atoms with Crippen molar-refractivity contribution in [2.24, 2.45) is 5.73 Å². The first kappa shape index (κ1) is 20.6. The Morgan fingerprint density at radius 1 is 1.13 bits per heavy atom. The molecule has 0 aliphatic heterocycles. The number of nitrogens with zero attached hydrogens (tertiary/aromatic N) is 3. The molecule has 7 heteroatoms. The molecule has 4 rings (SSSR count). The van der Waals surface area contributed by atoms with Gasteiger partial charge >= 0.3 is 0 Å². The SMILES string of the molecule is Cc1ccc(-c2cnc3c(Nc4ccc(C(=O)NC(C)CN)c(C)c4)nccn23)cc1. The lowest BCUT2D eigenvalue weighted by molar-refractivity contribution is 0.0940. The van der Waals surface area contributed by atoms with E-state index in [9.17, 15) is 4.79 Å². The first-order valence-electron chi connectivity index (χ1n) is 10.2. The number of nitrogens with one attached hydrogen (secondary N) is 2. The summed E-state index contributed by atoms with van der Waals surface area (Å²) in [6.45, 7) is 6.26. The molecule has 158 valence electrons. The Morgan fingerprint density at radius 3 is 2.61 bits per heavy atom. The van der Waals surface area contributed by atoms with Gasteiger partial charge in [-0.15, -0.1) is 0 Å². The van der Waals surface area contributed by atoms with Crippen molar-refractivity contribution in [3.63, 3.8) is 0 Å². The van der Waals surface area contributed by atoms with E-state index in [0.29, 0.717) is 17.9 Å². The molecular formula is C24H26N6O. The molecule has 2 heterocycles. The zero-order valence-electron chi connectivity index (χ0n) is 17.9. The van der Waals surface area contributed by atoms with Crippen LogP contribution in [0, 0.1) is 13.8 Å². The van der Waals surface area contributed by atoms with E-state index in [1.807, 2.05) is 42.8 Å². The molecule has 31 heavy (non-hydrogen) atoms. The summed E-state index contributed by atoms with van der Waals surface area (Å²) in [4.78, 5) is 21.5. The van der Waals surface area contributed by atoms with Crippen molar-refractivity contribution in [2.75, 3.05) is 11.9 Å². The molecule has 0 bridgehead atoms. The van der Waals surface area contributed by atoms with Crippen LogP contribution < -0.4 is 16.4 Å². The van der Waals surface area contributed by atoms with Crippen LogP contribution in [0.1, 0.15) is 28.4 Å². The van der Waals surface area contributed by atoms with E-state index >= 15 is 0 Å². The van der Waals surface area contributed by atoms with Crippen LogP contribution in [0.25, 0.3) is 16.9 Å². The van der Waals surface area contributed by atoms with Crippen LogP contribution >= 0.6 is 0 Å². The Morgan fingerprint density at radius 2 is 1.90 bits per heavy atom. The van der Waals surface area contributed by atoms with Gasteiger partial charge in [-0.2, -0.15) is 0 Å². The summed E-state index contributed by atoms with van der Waals surface area (Å²) < 4.78 is 2.02. The highest BCUT2D eigenvalue weighted by Gasteiger charge is 2.14. The maximum atomic E-state index is 12.4. The Bertz CT molecular complexity index is 1230. The molecule has 1 atom stereocenters. The molecule has 0 aliphatic carbocycles. The molecule has 0 spiro atoms. The maximum Gasteiger partial charge on any atom is 0.251 e. The van der Waals surface area contributed by atoms with Crippen molar-refractivity contribution in [1.29, 1.82) is 0 Å². The third-order valence-electron chi connectivity index (χ3n) is 5.24. The Balaban J connectivity index is 1.61. The van der Waals surface area contributed by atoms with Crippen LogP contribution in [-0.4, -0.2) is 32.9 Å². The summed E-state index contributed by atoms with van der Waals surface area (Å²) in [7, 11) is 0. The second-order valence-electron chi connectivity index (χ2n) is 7.74. The van der Waals surface area contributed by atoms with Crippen LogP contribution in [0.2, 0.25) is 0 Å². The molecule has 2 aromatic carbocycles. The quantitative estimate of drug-likeness (QED) is 0.445. The topological polar surface area (TPSA) is 97.3 Å². The maximum absolute atomic E-state index is 12.4. The van der Waals surface area contributed by atoms with Crippen LogP contribution in [0.15, 0.2) is 61.1 Å². The van der Waals surface area contributed by atoms with E-state index in [0.717, 1.165) is 28.2 Å². The van der Waals surface area contributed by atoms with Crippen LogP contribution in [0.4, 0.5) is 11.5 Å². The molecule has 2 aromatic heterocycles. The molecule has 0 radical (unpaired) electrons. The molecule has 0 saturated carbocycles. The number of carbonyl (C=O) groups excluding carboxylic acids is 1. The average Bonchev–Trinajstić information content (AvgIpc) is 3.19. The first-order valence-corrected chi connectivity index (χ1v) is 10.2. The number of amides is 1. The summed E-state index contributed by atoms with van der Waals surface area (Å²) in [6, 6.07) is 13.9. The van der Waals surface area contributed by atoms with E-state index in [1.54, 1.807) is 12.3 Å². The number of aromatic nitrogens is 3. The predicted molar refractivity (Wildman–Crippen MR) is 124 cm³/mol. The molecule has 7 nitrogen and oxygen atoms in total. The van der Waals surface area contributed by atoms with Gasteiger partial charge in [0.25, 0.3) is 5.91 Å². The highest BCUT2D eigenvalue weighted by Crippen LogP contribution is 2.26. The number of aryl methyl sites for hydroxylation is 2. The minimum atomic E-state index is -0.127. The Kier molecular flexibility index (Phi) is 5.68. The average molecular weight is 415 g/mol. The van der Waals surface area contributed by atoms with E-state index < -0.39 is 0 Å². The zero-order chi connectivity index (χ0) is 22.0. The summed E-state index contributed by atoms with van der Waals surface area (Å²) in [5.74, 6) is 0.521. The highest BCUT2D eigenvalue weighted by atomic mass is 16.1. The summed E-state index contributed by atoms with van der Waals surface area (Å²) in [6.07, 6.45) is 5.50. The lowest BCUT2D eigenvalue weighted by Gasteiger charge is -2.14. The van der Waals surface area contributed by atoms with E-state index in [2.05, 4.69) is 51.8 Å². The number of rotatable bonds is 6. The van der Waals surface area contributed by atoms with Crippen LogP contribution in [0.5, 0.6) is 0 Å². The molecule has 0 aliphatic rings. The van der Waals surface area contributed by atoms with Gasteiger partial charge in [0.05, 0.1) is 11.9 Å². The number of hydrogen-bond acceptors (Lipinski definition) is 5. The smallest absolute Gasteiger partial charge is 0.251 e. The van der Waals surface area contributed by atoms with Crippen molar-refractivity contribution in [3.8, 4) is 11.3 Å². The third kappa shape index (κ3) is 4.27. The van der Waals surface area contributed by atoms with E-state index in [1.165, 1.54) is 5.56 Å². The Hall–Kier alpha value is -3.71. The van der Waals surface area contributed by atoms with Gasteiger partial charge < -0.3 is 16.4 Å². The largest absolute Gasteiger partial charge is 0.348 e. The minimum Gasteiger partial charge on any atom is -0.348 e. The molecule has 0 fully saturated rings. The zero-order valence-corrected chi connectivity index (χ0v) is 17.9. The second-order valence-corrected chi connectivity index (χ2v) is 7.74. The minimum absolute atomic E-state index is 0.0744. The molecular weight excluding hydrogens is 388 g/mol. The van der Waals surface area contributed by atoms with Gasteiger partial charge in [-0.05, 0) is 44.5 Å². The van der Waals surface area contributed by atoms with Crippen LogP contribution in [0.3, 0.4) is 0 Å². The fourth-order valence-electron chi connectivity index (χ4n) is 3.44. The molecule has 1 amide bonds. The predicted octanol–water partition coefficient (Wildman–Crippen LogP) is 3.83. The highest BCUT2D eigenvalue weighted by molar-refractivity contribution is 5.96. The number of imidazole rings is 1. The third-order valence-corrected chi connectivity index (χ3v) is 5.24. The normalized spacial score (nSPS) is 12.0. The number of benzene rings is 2. The van der Waals surface area contributed by atoms with Gasteiger partial charge in [0.1, 0.15) is 0 Å². The number of fused-ring (bicyclic) bond motifs is 1. The van der Waals surface area contributed by atoms with Crippen molar-refractivity contribution < 1.29 is 4.79 Å². The summed E-state index contributed by atoms with van der Waals surface area (Å²) >= 11 is 0.